The Morgan fingerprint density at radius 1 is 0.919 bits per heavy atom. The molecule has 0 unspecified atom stereocenters. The molecule has 0 saturated heterocycles. The molecule has 1 N–H and O–H groups in total. The number of rotatable bonds is 6. The van der Waals surface area contributed by atoms with Crippen LogP contribution in [0.3, 0.4) is 0 Å². The van der Waals surface area contributed by atoms with Gasteiger partial charge in [0.1, 0.15) is 0 Å². The number of hydrogen-bond donors (Lipinski definition) is 1. The van der Waals surface area contributed by atoms with E-state index in [4.69, 9.17) is 4.98 Å². The van der Waals surface area contributed by atoms with Gasteiger partial charge in [0.2, 0.25) is 5.91 Å². The molecule has 1 amide bonds. The van der Waals surface area contributed by atoms with E-state index >= 15 is 0 Å². The van der Waals surface area contributed by atoms with Crippen LogP contribution in [0.5, 0.6) is 0 Å². The molecule has 0 fully saturated rings. The van der Waals surface area contributed by atoms with Crippen LogP contribution < -0.4 is 5.32 Å². The number of aromatic nitrogens is 2. The standard InChI is InChI=1S/C32H27N3OS/c1-32(26-8-3-2-4-9-26)28-10-6-5-7-25(28)20-29(32)30(36)35-31-34-27(21-37-31)19-22-11-13-23(14-12-22)24-15-17-33-18-16-24/h2-18,21,29H,19-20H2,1H3,(H,34,35,36)/t29-,32+/m1/s1. The highest BCUT2D eigenvalue weighted by Crippen LogP contribution is 2.48. The number of nitrogens with zero attached hydrogens (tertiary/aromatic N) is 2. The van der Waals surface area contributed by atoms with Gasteiger partial charge in [0, 0.05) is 29.6 Å². The minimum atomic E-state index is -0.390. The van der Waals surface area contributed by atoms with Crippen LogP contribution in [0, 0.1) is 5.92 Å². The van der Waals surface area contributed by atoms with Gasteiger partial charge < -0.3 is 5.32 Å². The van der Waals surface area contributed by atoms with Gasteiger partial charge in [-0.15, -0.1) is 11.3 Å². The number of anilines is 1. The lowest BCUT2D eigenvalue weighted by Gasteiger charge is -2.32. The van der Waals surface area contributed by atoms with Crippen molar-refractivity contribution in [1.29, 1.82) is 0 Å². The molecule has 0 aliphatic heterocycles. The lowest BCUT2D eigenvalue weighted by molar-refractivity contribution is -0.121. The molecule has 2 aromatic heterocycles. The number of hydrogen-bond acceptors (Lipinski definition) is 4. The van der Waals surface area contributed by atoms with Crippen molar-refractivity contribution in [1.82, 2.24) is 9.97 Å². The van der Waals surface area contributed by atoms with Crippen LogP contribution in [-0.2, 0) is 23.1 Å². The number of pyridine rings is 1. The Morgan fingerprint density at radius 3 is 2.41 bits per heavy atom. The number of carbonyl (C=O) groups is 1. The van der Waals surface area contributed by atoms with E-state index in [1.54, 1.807) is 12.4 Å². The first-order chi connectivity index (χ1) is 18.1. The van der Waals surface area contributed by atoms with Gasteiger partial charge in [-0.1, -0.05) is 85.8 Å². The Morgan fingerprint density at radius 2 is 1.62 bits per heavy atom. The van der Waals surface area contributed by atoms with E-state index in [0.29, 0.717) is 5.13 Å². The third-order valence-electron chi connectivity index (χ3n) is 7.52. The molecular weight excluding hydrogens is 474 g/mol. The summed E-state index contributed by atoms with van der Waals surface area (Å²) in [5, 5.41) is 5.83. The van der Waals surface area contributed by atoms with Gasteiger partial charge in [0.15, 0.2) is 5.13 Å². The number of carbonyl (C=O) groups excluding carboxylic acids is 1. The minimum Gasteiger partial charge on any atom is -0.302 e. The smallest absolute Gasteiger partial charge is 0.230 e. The van der Waals surface area contributed by atoms with Crippen molar-refractivity contribution in [2.75, 3.05) is 5.32 Å². The van der Waals surface area contributed by atoms with Crippen LogP contribution >= 0.6 is 11.3 Å². The second kappa shape index (κ2) is 9.75. The largest absolute Gasteiger partial charge is 0.302 e. The molecule has 2 atom stereocenters. The third-order valence-corrected chi connectivity index (χ3v) is 8.33. The molecule has 5 aromatic rings. The summed E-state index contributed by atoms with van der Waals surface area (Å²) in [5.74, 6) is -0.189. The molecule has 1 aliphatic carbocycles. The molecule has 2 heterocycles. The van der Waals surface area contributed by atoms with Crippen molar-refractivity contribution in [3.05, 3.63) is 137 Å². The Balaban J connectivity index is 1.18. The average molecular weight is 502 g/mol. The first-order valence-corrected chi connectivity index (χ1v) is 13.4. The van der Waals surface area contributed by atoms with Crippen LogP contribution in [0.15, 0.2) is 109 Å². The summed E-state index contributed by atoms with van der Waals surface area (Å²) in [4.78, 5) is 22.5. The molecule has 0 radical (unpaired) electrons. The highest BCUT2D eigenvalue weighted by Gasteiger charge is 2.47. The molecule has 182 valence electrons. The molecule has 4 nitrogen and oxygen atoms in total. The number of nitrogens with one attached hydrogen (secondary N) is 1. The van der Waals surface area contributed by atoms with Gasteiger partial charge in [-0.25, -0.2) is 4.98 Å². The van der Waals surface area contributed by atoms with Crippen molar-refractivity contribution in [3.63, 3.8) is 0 Å². The fourth-order valence-corrected chi connectivity index (χ4v) is 6.23. The molecule has 37 heavy (non-hydrogen) atoms. The van der Waals surface area contributed by atoms with Gasteiger partial charge in [0.05, 0.1) is 11.6 Å². The zero-order valence-corrected chi connectivity index (χ0v) is 21.4. The van der Waals surface area contributed by atoms with E-state index in [9.17, 15) is 4.79 Å². The first kappa shape index (κ1) is 23.3. The molecule has 3 aromatic carbocycles. The monoisotopic (exact) mass is 501 g/mol. The third kappa shape index (κ3) is 4.47. The first-order valence-electron chi connectivity index (χ1n) is 12.5. The highest BCUT2D eigenvalue weighted by atomic mass is 32.1. The zero-order valence-electron chi connectivity index (χ0n) is 20.6. The Kier molecular flexibility index (Phi) is 6.15. The summed E-state index contributed by atoms with van der Waals surface area (Å²) in [6, 6.07) is 31.3. The molecule has 1 aliphatic rings. The Labute approximate surface area is 221 Å². The molecule has 0 spiro atoms. The predicted octanol–water partition coefficient (Wildman–Crippen LogP) is 6.91. The second-order valence-electron chi connectivity index (χ2n) is 9.73. The van der Waals surface area contributed by atoms with Crippen molar-refractivity contribution in [3.8, 4) is 11.1 Å². The maximum Gasteiger partial charge on any atom is 0.230 e. The minimum absolute atomic E-state index is 0.0187. The predicted molar refractivity (Wildman–Crippen MR) is 150 cm³/mol. The Hall–Kier alpha value is -4.09. The highest BCUT2D eigenvalue weighted by molar-refractivity contribution is 7.13. The number of amides is 1. The van der Waals surface area contributed by atoms with E-state index in [2.05, 4.69) is 77.9 Å². The normalized spacial score (nSPS) is 18.4. The van der Waals surface area contributed by atoms with Crippen molar-refractivity contribution in [2.24, 2.45) is 5.92 Å². The van der Waals surface area contributed by atoms with Gasteiger partial charge >= 0.3 is 0 Å². The summed E-state index contributed by atoms with van der Waals surface area (Å²) >= 11 is 1.49. The van der Waals surface area contributed by atoms with Crippen molar-refractivity contribution < 1.29 is 4.79 Å². The molecule has 5 heteroatoms. The van der Waals surface area contributed by atoms with Crippen LogP contribution in [0.25, 0.3) is 11.1 Å². The summed E-state index contributed by atoms with van der Waals surface area (Å²) in [6.45, 7) is 2.20. The molecule has 6 rings (SSSR count). The Bertz CT molecular complexity index is 1530. The van der Waals surface area contributed by atoms with Gasteiger partial charge in [0.25, 0.3) is 0 Å². The van der Waals surface area contributed by atoms with Gasteiger partial charge in [-0.3, -0.25) is 9.78 Å². The lowest BCUT2D eigenvalue weighted by atomic mass is 9.71. The maximum absolute atomic E-state index is 13.7. The number of thiazole rings is 1. The fraction of sp³-hybridized carbons (Fsp3) is 0.156. The van der Waals surface area contributed by atoms with E-state index < -0.39 is 5.41 Å². The lowest BCUT2D eigenvalue weighted by Crippen LogP contribution is -2.38. The molecule has 0 bridgehead atoms. The van der Waals surface area contributed by atoms with Crippen LogP contribution in [-0.4, -0.2) is 15.9 Å². The van der Waals surface area contributed by atoms with Gasteiger partial charge in [-0.2, -0.15) is 0 Å². The van der Waals surface area contributed by atoms with Gasteiger partial charge in [-0.05, 0) is 51.9 Å². The van der Waals surface area contributed by atoms with Crippen LogP contribution in [0.4, 0.5) is 5.13 Å². The van der Waals surface area contributed by atoms with Crippen molar-refractivity contribution >= 4 is 22.4 Å². The molecule has 0 saturated carbocycles. The number of fused-ring (bicyclic) bond motifs is 1. The fourth-order valence-electron chi connectivity index (χ4n) is 5.52. The van der Waals surface area contributed by atoms with E-state index in [1.165, 1.54) is 28.0 Å². The topological polar surface area (TPSA) is 54.9 Å². The van der Waals surface area contributed by atoms with E-state index in [0.717, 1.165) is 35.2 Å². The molecular formula is C32H27N3OS. The van der Waals surface area contributed by atoms with Crippen LogP contribution in [0.2, 0.25) is 0 Å². The second-order valence-corrected chi connectivity index (χ2v) is 10.6. The summed E-state index contributed by atoms with van der Waals surface area (Å²) in [7, 11) is 0. The van der Waals surface area contributed by atoms with E-state index in [-0.39, 0.29) is 11.8 Å². The summed E-state index contributed by atoms with van der Waals surface area (Å²) in [5.41, 5.74) is 7.70. The quantitative estimate of drug-likeness (QED) is 0.275. The zero-order chi connectivity index (χ0) is 25.2. The van der Waals surface area contributed by atoms with Crippen LogP contribution in [0.1, 0.15) is 34.9 Å². The SMILES string of the molecule is C[C@]1(c2ccccc2)c2ccccc2C[C@@H]1C(=O)Nc1nc(Cc2ccc(-c3ccncc3)cc2)cs1. The number of benzene rings is 3. The summed E-state index contributed by atoms with van der Waals surface area (Å²) < 4.78 is 0. The summed E-state index contributed by atoms with van der Waals surface area (Å²) in [6.07, 6.45) is 5.05. The van der Waals surface area contributed by atoms with E-state index in [1.807, 2.05) is 35.7 Å². The van der Waals surface area contributed by atoms with Crippen molar-refractivity contribution in [2.45, 2.75) is 25.2 Å². The maximum atomic E-state index is 13.7. The average Bonchev–Trinajstić information content (AvgIpc) is 3.52.